The molecule has 0 bridgehead atoms. The number of benzene rings is 1. The number of nitrogens with one attached hydrogen (secondary N) is 1. The fourth-order valence-electron chi connectivity index (χ4n) is 5.61. The second kappa shape index (κ2) is 8.34. The molecule has 1 N–H and O–H groups in total. The molecule has 2 aliphatic heterocycles. The van der Waals surface area contributed by atoms with Crippen LogP contribution in [0.25, 0.3) is 5.00 Å². The Balaban J connectivity index is 1.43. The first-order valence-corrected chi connectivity index (χ1v) is 12.7. The normalized spacial score (nSPS) is 21.9. The number of thiophene rings is 1. The number of hydrogen-bond donors (Lipinski definition) is 1. The summed E-state index contributed by atoms with van der Waals surface area (Å²) in [7, 11) is 0. The number of morpholine rings is 1. The summed E-state index contributed by atoms with van der Waals surface area (Å²) in [5.41, 5.74) is 5.34. The van der Waals surface area contributed by atoms with E-state index in [-0.39, 0.29) is 17.9 Å². The topological polar surface area (TPSA) is 72.3 Å². The van der Waals surface area contributed by atoms with Crippen LogP contribution in [0.5, 0.6) is 0 Å². The van der Waals surface area contributed by atoms with E-state index in [9.17, 15) is 4.79 Å². The van der Waals surface area contributed by atoms with Crippen LogP contribution in [-0.2, 0) is 35.3 Å². The molecule has 1 aromatic carbocycles. The Kier molecular flexibility index (Phi) is 5.31. The highest BCUT2D eigenvalue weighted by Gasteiger charge is 2.39. The van der Waals surface area contributed by atoms with Gasteiger partial charge in [-0.05, 0) is 42.9 Å². The number of nitrogens with zero attached hydrogens (tertiary/aromatic N) is 4. The van der Waals surface area contributed by atoms with E-state index in [1.54, 1.807) is 0 Å². The number of ether oxygens (including phenoxy) is 1. The number of carbonyl (C=O) groups is 1. The predicted molar refractivity (Wildman–Crippen MR) is 127 cm³/mol. The van der Waals surface area contributed by atoms with E-state index in [1.165, 1.54) is 32.1 Å². The van der Waals surface area contributed by atoms with Crippen molar-refractivity contribution in [3.8, 4) is 5.00 Å². The summed E-state index contributed by atoms with van der Waals surface area (Å²) in [4.78, 5) is 16.6. The summed E-state index contributed by atoms with van der Waals surface area (Å²) in [6.45, 7) is 7.60. The molecule has 8 heteroatoms. The predicted octanol–water partition coefficient (Wildman–Crippen LogP) is 2.97. The number of carbonyl (C=O) groups excluding carboxylic acids is 1. The van der Waals surface area contributed by atoms with E-state index in [1.807, 2.05) is 23.2 Å². The van der Waals surface area contributed by atoms with E-state index in [4.69, 9.17) is 4.74 Å². The van der Waals surface area contributed by atoms with Crippen LogP contribution >= 0.6 is 11.3 Å². The van der Waals surface area contributed by atoms with Crippen LogP contribution in [0.4, 0.5) is 0 Å². The molecule has 1 saturated heterocycles. The fourth-order valence-corrected chi connectivity index (χ4v) is 7.12. The van der Waals surface area contributed by atoms with Crippen molar-refractivity contribution in [2.45, 2.75) is 45.7 Å². The summed E-state index contributed by atoms with van der Waals surface area (Å²) in [6, 6.07) is 8.80. The van der Waals surface area contributed by atoms with Crippen LogP contribution in [0.1, 0.15) is 51.7 Å². The van der Waals surface area contributed by atoms with Gasteiger partial charge in [-0.3, -0.25) is 14.7 Å². The number of aryl methyl sites for hydroxylation is 2. The molecular formula is C25H29N5O2S. The lowest BCUT2D eigenvalue weighted by atomic mass is 9.91. The third-order valence-corrected chi connectivity index (χ3v) is 8.52. The molecule has 1 fully saturated rings. The zero-order valence-corrected chi connectivity index (χ0v) is 20.0. The molecule has 6 rings (SSSR count). The summed E-state index contributed by atoms with van der Waals surface area (Å²) >= 11 is 1.83. The Hall–Kier alpha value is -2.55. The Morgan fingerprint density at radius 1 is 1.21 bits per heavy atom. The lowest BCUT2D eigenvalue weighted by Crippen LogP contribution is -2.44. The lowest BCUT2D eigenvalue weighted by Gasteiger charge is -2.29. The maximum atomic E-state index is 13.3. The van der Waals surface area contributed by atoms with Gasteiger partial charge in [-0.1, -0.05) is 31.2 Å². The molecule has 7 nitrogen and oxygen atoms in total. The average molecular weight is 464 g/mol. The van der Waals surface area contributed by atoms with Crippen LogP contribution in [0.3, 0.4) is 0 Å². The molecular weight excluding hydrogens is 434 g/mol. The molecule has 2 aromatic heterocycles. The van der Waals surface area contributed by atoms with Gasteiger partial charge in [0.25, 0.3) is 0 Å². The van der Waals surface area contributed by atoms with Crippen molar-refractivity contribution < 1.29 is 9.53 Å². The van der Waals surface area contributed by atoms with E-state index in [0.717, 1.165) is 30.9 Å². The highest BCUT2D eigenvalue weighted by molar-refractivity contribution is 7.15. The first-order valence-electron chi connectivity index (χ1n) is 11.9. The van der Waals surface area contributed by atoms with Crippen molar-refractivity contribution in [3.05, 3.63) is 63.0 Å². The van der Waals surface area contributed by atoms with Crippen LogP contribution in [-0.4, -0.2) is 51.9 Å². The molecule has 33 heavy (non-hydrogen) atoms. The molecule has 3 aromatic rings. The van der Waals surface area contributed by atoms with Crippen molar-refractivity contribution in [1.82, 2.24) is 25.0 Å². The van der Waals surface area contributed by atoms with Crippen LogP contribution in [0, 0.1) is 12.8 Å². The second-order valence-corrected chi connectivity index (χ2v) is 10.2. The van der Waals surface area contributed by atoms with Gasteiger partial charge in [-0.15, -0.1) is 21.5 Å². The number of rotatable bonds is 3. The summed E-state index contributed by atoms with van der Waals surface area (Å²) in [5, 5.41) is 13.8. The first kappa shape index (κ1) is 21.0. The van der Waals surface area contributed by atoms with Crippen molar-refractivity contribution in [2.24, 2.45) is 5.92 Å². The van der Waals surface area contributed by atoms with E-state index >= 15 is 0 Å². The first-order chi connectivity index (χ1) is 16.2. The Morgan fingerprint density at radius 2 is 2.03 bits per heavy atom. The minimum absolute atomic E-state index is 0.0291. The van der Waals surface area contributed by atoms with Gasteiger partial charge in [0.1, 0.15) is 10.8 Å². The van der Waals surface area contributed by atoms with Crippen LogP contribution in [0.2, 0.25) is 0 Å². The molecule has 172 valence electrons. The SMILES string of the molecule is CCc1ccccc1C1NCc2nnc(C)n2-c2sc3c(c21)CC(C(=O)N1CCOCC1)C3. The number of fused-ring (bicyclic) bond motifs is 5. The van der Waals surface area contributed by atoms with Gasteiger partial charge >= 0.3 is 0 Å². The number of hydrogen-bond acceptors (Lipinski definition) is 6. The largest absolute Gasteiger partial charge is 0.378 e. The maximum Gasteiger partial charge on any atom is 0.226 e. The molecule has 0 radical (unpaired) electrons. The van der Waals surface area contributed by atoms with Crippen molar-refractivity contribution >= 4 is 17.2 Å². The van der Waals surface area contributed by atoms with Crippen molar-refractivity contribution in [2.75, 3.05) is 26.3 Å². The molecule has 3 aliphatic rings. The van der Waals surface area contributed by atoms with Crippen LogP contribution in [0.15, 0.2) is 24.3 Å². The molecule has 0 saturated carbocycles. The average Bonchev–Trinajstić information content (AvgIpc) is 3.49. The van der Waals surface area contributed by atoms with Crippen molar-refractivity contribution in [3.63, 3.8) is 0 Å². The highest BCUT2D eigenvalue weighted by atomic mass is 32.1. The minimum atomic E-state index is 0.0291. The fraction of sp³-hybridized carbons (Fsp3) is 0.480. The standard InChI is InChI=1S/C25H29N5O2S/c1-3-16-6-4-5-7-18(16)23-22-19-12-17(24(31)29-8-10-32-11-9-29)13-20(19)33-25(22)30-15(2)27-28-21(30)14-26-23/h4-7,17,23,26H,3,8-14H2,1-2H3. The van der Waals surface area contributed by atoms with Gasteiger partial charge in [0.05, 0.1) is 25.8 Å². The lowest BCUT2D eigenvalue weighted by molar-refractivity contribution is -0.139. The number of aromatic nitrogens is 3. The van der Waals surface area contributed by atoms with Gasteiger partial charge in [0.2, 0.25) is 5.91 Å². The van der Waals surface area contributed by atoms with Gasteiger partial charge < -0.3 is 9.64 Å². The van der Waals surface area contributed by atoms with E-state index in [2.05, 4.69) is 51.3 Å². The Labute approximate surface area is 197 Å². The minimum Gasteiger partial charge on any atom is -0.378 e. The van der Waals surface area contributed by atoms with Gasteiger partial charge in [-0.2, -0.15) is 0 Å². The third-order valence-electron chi connectivity index (χ3n) is 7.26. The molecule has 0 spiro atoms. The zero-order chi connectivity index (χ0) is 22.5. The molecule has 4 heterocycles. The Morgan fingerprint density at radius 3 is 2.85 bits per heavy atom. The van der Waals surface area contributed by atoms with Gasteiger partial charge in [-0.25, -0.2) is 0 Å². The zero-order valence-electron chi connectivity index (χ0n) is 19.1. The highest BCUT2D eigenvalue weighted by Crippen LogP contribution is 2.46. The van der Waals surface area contributed by atoms with E-state index < -0.39 is 0 Å². The van der Waals surface area contributed by atoms with Crippen molar-refractivity contribution in [1.29, 1.82) is 0 Å². The maximum absolute atomic E-state index is 13.3. The third kappa shape index (κ3) is 3.43. The van der Waals surface area contributed by atoms with Crippen LogP contribution < -0.4 is 5.32 Å². The molecule has 2 unspecified atom stereocenters. The van der Waals surface area contributed by atoms with Gasteiger partial charge in [0.15, 0.2) is 5.82 Å². The smallest absolute Gasteiger partial charge is 0.226 e. The molecule has 1 amide bonds. The number of amides is 1. The quantitative estimate of drug-likeness (QED) is 0.647. The summed E-state index contributed by atoms with van der Waals surface area (Å²) in [5.74, 6) is 2.18. The van der Waals surface area contributed by atoms with E-state index in [0.29, 0.717) is 32.8 Å². The summed E-state index contributed by atoms with van der Waals surface area (Å²) in [6.07, 6.45) is 2.61. The molecule has 1 aliphatic carbocycles. The summed E-state index contributed by atoms with van der Waals surface area (Å²) < 4.78 is 7.68. The second-order valence-electron chi connectivity index (χ2n) is 9.13. The Bertz CT molecular complexity index is 1210. The monoisotopic (exact) mass is 463 g/mol. The van der Waals surface area contributed by atoms with Gasteiger partial charge in [0, 0.05) is 29.4 Å². The molecule has 2 atom stereocenters.